The van der Waals surface area contributed by atoms with E-state index in [-0.39, 0.29) is 6.61 Å². The molecule has 0 aromatic rings. The van der Waals surface area contributed by atoms with E-state index in [9.17, 15) is 24.3 Å². The molecule has 0 radical (unpaired) electrons. The minimum atomic E-state index is -2.26. The number of aliphatic hydroxyl groups is 1. The van der Waals surface area contributed by atoms with Gasteiger partial charge in [-0.15, -0.1) is 0 Å². The van der Waals surface area contributed by atoms with E-state index in [1.807, 2.05) is 0 Å². The lowest BCUT2D eigenvalue weighted by Gasteiger charge is -2.28. The maximum absolute atomic E-state index is 11.3. The van der Waals surface area contributed by atoms with Gasteiger partial charge in [-0.25, -0.2) is 0 Å². The number of carbonyl (C=O) groups is 4. The van der Waals surface area contributed by atoms with Crippen molar-refractivity contribution in [2.45, 2.75) is 51.8 Å². The molecule has 1 N–H and O–H groups in total. The summed E-state index contributed by atoms with van der Waals surface area (Å²) in [6, 6.07) is 0. The molecule has 0 bridgehead atoms. The zero-order valence-corrected chi connectivity index (χ0v) is 13.8. The maximum atomic E-state index is 11.3. The Morgan fingerprint density at radius 1 is 0.917 bits per heavy atom. The zero-order chi connectivity index (χ0) is 18.5. The van der Waals surface area contributed by atoms with Crippen LogP contribution in [0.25, 0.3) is 0 Å². The van der Waals surface area contributed by atoms with Gasteiger partial charge < -0.3 is 28.8 Å². The normalized spacial score (nSPS) is 28.8. The maximum Gasteiger partial charge on any atom is 0.303 e. The van der Waals surface area contributed by atoms with Crippen molar-refractivity contribution in [2.75, 3.05) is 13.2 Å². The molecule has 1 heterocycles. The van der Waals surface area contributed by atoms with Crippen molar-refractivity contribution < 1.29 is 48.0 Å². The van der Waals surface area contributed by atoms with E-state index in [1.165, 1.54) is 0 Å². The molecule has 1 rings (SSSR count). The summed E-state index contributed by atoms with van der Waals surface area (Å²) in [4.78, 5) is 44.5. The predicted octanol–water partition coefficient (Wildman–Crippen LogP) is -0.937. The Balaban J connectivity index is 3.07. The zero-order valence-electron chi connectivity index (χ0n) is 13.8. The lowest BCUT2D eigenvalue weighted by atomic mass is 10.1. The Hall–Kier alpha value is -2.20. The smallest absolute Gasteiger partial charge is 0.303 e. The molecule has 0 aliphatic carbocycles. The van der Waals surface area contributed by atoms with Gasteiger partial charge in [-0.2, -0.15) is 0 Å². The van der Waals surface area contributed by atoms with Gasteiger partial charge in [-0.05, 0) is 0 Å². The van der Waals surface area contributed by atoms with Crippen LogP contribution < -0.4 is 0 Å². The SMILES string of the molecule is CC(=O)OC[C@H]1O[C@](O)(COC(C)=O)[C@@H](OC(C)=O)[C@@H]1OC(C)=O. The number of ether oxygens (including phenoxy) is 5. The van der Waals surface area contributed by atoms with Gasteiger partial charge in [0.25, 0.3) is 0 Å². The molecule has 1 saturated heterocycles. The Morgan fingerprint density at radius 2 is 1.46 bits per heavy atom. The largest absolute Gasteiger partial charge is 0.463 e. The second kappa shape index (κ2) is 8.06. The Labute approximate surface area is 137 Å². The van der Waals surface area contributed by atoms with Crippen LogP contribution in [0, 0.1) is 0 Å². The van der Waals surface area contributed by atoms with Crippen LogP contribution in [0.2, 0.25) is 0 Å². The Morgan fingerprint density at radius 3 is 1.92 bits per heavy atom. The van der Waals surface area contributed by atoms with Crippen molar-refractivity contribution in [3.8, 4) is 0 Å². The number of hydrogen-bond donors (Lipinski definition) is 1. The lowest BCUT2D eigenvalue weighted by molar-refractivity contribution is -0.257. The molecule has 1 aliphatic rings. The molecule has 0 unspecified atom stereocenters. The third-order valence-corrected chi connectivity index (χ3v) is 2.99. The van der Waals surface area contributed by atoms with Gasteiger partial charge in [0.2, 0.25) is 5.79 Å². The number of hydrogen-bond acceptors (Lipinski definition) is 10. The molecule has 0 aromatic heterocycles. The highest BCUT2D eigenvalue weighted by Crippen LogP contribution is 2.34. The average Bonchev–Trinajstić information content (AvgIpc) is 2.68. The monoisotopic (exact) mass is 348 g/mol. The van der Waals surface area contributed by atoms with Gasteiger partial charge in [-0.3, -0.25) is 19.2 Å². The van der Waals surface area contributed by atoms with Gasteiger partial charge in [0, 0.05) is 27.7 Å². The second-order valence-electron chi connectivity index (χ2n) is 5.19. The highest BCUT2D eigenvalue weighted by molar-refractivity contribution is 5.68. The molecule has 10 heteroatoms. The Bertz CT molecular complexity index is 516. The summed E-state index contributed by atoms with van der Waals surface area (Å²) in [7, 11) is 0. The van der Waals surface area contributed by atoms with Crippen molar-refractivity contribution in [3.63, 3.8) is 0 Å². The van der Waals surface area contributed by atoms with Crippen LogP contribution in [0.3, 0.4) is 0 Å². The molecule has 24 heavy (non-hydrogen) atoms. The van der Waals surface area contributed by atoms with E-state index in [2.05, 4.69) is 0 Å². The third-order valence-electron chi connectivity index (χ3n) is 2.99. The van der Waals surface area contributed by atoms with Crippen LogP contribution in [0.4, 0.5) is 0 Å². The molecule has 4 atom stereocenters. The van der Waals surface area contributed by atoms with E-state index < -0.39 is 54.6 Å². The molecule has 0 aromatic carbocycles. The summed E-state index contributed by atoms with van der Waals surface area (Å²) < 4.78 is 24.9. The third kappa shape index (κ3) is 5.46. The molecule has 0 amide bonds. The summed E-state index contributed by atoms with van der Waals surface area (Å²) in [5, 5.41) is 10.6. The van der Waals surface area contributed by atoms with E-state index in [0.717, 1.165) is 27.7 Å². The van der Waals surface area contributed by atoms with Crippen LogP contribution in [-0.2, 0) is 42.9 Å². The van der Waals surface area contributed by atoms with Crippen LogP contribution in [-0.4, -0.2) is 66.3 Å². The van der Waals surface area contributed by atoms with Gasteiger partial charge in [-0.1, -0.05) is 0 Å². The van der Waals surface area contributed by atoms with E-state index in [1.54, 1.807) is 0 Å². The summed E-state index contributed by atoms with van der Waals surface area (Å²) in [6.07, 6.45) is -3.85. The first-order valence-corrected chi connectivity index (χ1v) is 7.06. The average molecular weight is 348 g/mol. The number of rotatable bonds is 6. The first-order valence-electron chi connectivity index (χ1n) is 7.06. The van der Waals surface area contributed by atoms with Crippen molar-refractivity contribution in [1.82, 2.24) is 0 Å². The standard InChI is InChI=1S/C14H20O10/c1-7(15)20-5-11-12(22-9(3)17)13(23-10(4)18)14(19,24-11)6-21-8(2)16/h11-13,19H,5-6H2,1-4H3/t11-,12-,13+,14-/m1/s1. The van der Waals surface area contributed by atoms with E-state index >= 15 is 0 Å². The quantitative estimate of drug-likeness (QED) is 0.473. The second-order valence-corrected chi connectivity index (χ2v) is 5.19. The van der Waals surface area contributed by atoms with Gasteiger partial charge in [0.05, 0.1) is 0 Å². The molecule has 1 fully saturated rings. The fourth-order valence-electron chi connectivity index (χ4n) is 2.16. The molecule has 1 aliphatic heterocycles. The molecular formula is C14H20O10. The van der Waals surface area contributed by atoms with Crippen molar-refractivity contribution in [1.29, 1.82) is 0 Å². The molecule has 136 valence electrons. The summed E-state index contributed by atoms with van der Waals surface area (Å²) in [6.45, 7) is 3.42. The minimum Gasteiger partial charge on any atom is -0.463 e. The fourth-order valence-corrected chi connectivity index (χ4v) is 2.16. The Kier molecular flexibility index (Phi) is 6.67. The summed E-state index contributed by atoms with van der Waals surface area (Å²) in [5.41, 5.74) is 0. The summed E-state index contributed by atoms with van der Waals surface area (Å²) >= 11 is 0. The summed E-state index contributed by atoms with van der Waals surface area (Å²) in [5.74, 6) is -5.11. The van der Waals surface area contributed by atoms with Crippen molar-refractivity contribution >= 4 is 23.9 Å². The molecule has 0 saturated carbocycles. The highest BCUT2D eigenvalue weighted by Gasteiger charge is 2.59. The molecule has 0 spiro atoms. The predicted molar refractivity (Wildman–Crippen MR) is 74.2 cm³/mol. The number of esters is 4. The van der Waals surface area contributed by atoms with Crippen LogP contribution >= 0.6 is 0 Å². The fraction of sp³-hybridized carbons (Fsp3) is 0.714. The molecular weight excluding hydrogens is 328 g/mol. The van der Waals surface area contributed by atoms with E-state index in [4.69, 9.17) is 23.7 Å². The van der Waals surface area contributed by atoms with Crippen LogP contribution in [0.1, 0.15) is 27.7 Å². The van der Waals surface area contributed by atoms with E-state index in [0.29, 0.717) is 0 Å². The van der Waals surface area contributed by atoms with Gasteiger partial charge in [0.15, 0.2) is 12.2 Å². The lowest BCUT2D eigenvalue weighted by Crippen LogP contribution is -2.50. The first-order chi connectivity index (χ1) is 11.0. The minimum absolute atomic E-state index is 0.368. The first kappa shape index (κ1) is 19.8. The van der Waals surface area contributed by atoms with Crippen LogP contribution in [0.5, 0.6) is 0 Å². The topological polar surface area (TPSA) is 135 Å². The highest BCUT2D eigenvalue weighted by atomic mass is 16.7. The number of carbonyl (C=O) groups excluding carboxylic acids is 4. The van der Waals surface area contributed by atoms with Crippen molar-refractivity contribution in [2.24, 2.45) is 0 Å². The van der Waals surface area contributed by atoms with Crippen LogP contribution in [0.15, 0.2) is 0 Å². The van der Waals surface area contributed by atoms with Gasteiger partial charge in [0.1, 0.15) is 19.3 Å². The molecule has 10 nitrogen and oxygen atoms in total. The van der Waals surface area contributed by atoms with Crippen molar-refractivity contribution in [3.05, 3.63) is 0 Å². The van der Waals surface area contributed by atoms with Gasteiger partial charge >= 0.3 is 23.9 Å².